The number of aliphatic hydroxyl groups excluding tert-OH is 2. The summed E-state index contributed by atoms with van der Waals surface area (Å²) in [6.45, 7) is 1.96. The molecule has 2 rings (SSSR count). The van der Waals surface area contributed by atoms with Crippen LogP contribution >= 0.6 is 0 Å². The van der Waals surface area contributed by atoms with E-state index in [2.05, 4.69) is 0 Å². The van der Waals surface area contributed by atoms with Gasteiger partial charge in [0.15, 0.2) is 11.5 Å². The van der Waals surface area contributed by atoms with Gasteiger partial charge < -0.3 is 24.8 Å². The van der Waals surface area contributed by atoms with Gasteiger partial charge in [0.05, 0.1) is 26.9 Å². The number of benzene rings is 2. The predicted octanol–water partition coefficient (Wildman–Crippen LogP) is 2.95. The van der Waals surface area contributed by atoms with E-state index in [-0.39, 0.29) is 19.0 Å². The fraction of sp³-hybridized carbons (Fsp3) is 0.263. The van der Waals surface area contributed by atoms with Gasteiger partial charge in [0, 0.05) is 5.56 Å². The molecule has 2 aromatic rings. The van der Waals surface area contributed by atoms with Gasteiger partial charge in [0.1, 0.15) is 5.75 Å². The van der Waals surface area contributed by atoms with E-state index in [0.717, 1.165) is 11.1 Å². The minimum absolute atomic E-state index is 0.0863. The molecule has 24 heavy (non-hydrogen) atoms. The number of hydrogen-bond donors (Lipinski definition) is 3. The number of aromatic hydroxyl groups is 1. The van der Waals surface area contributed by atoms with Crippen LogP contribution < -0.4 is 9.47 Å². The standard InChI is InChI=1S/C19H22O5/c1-3-24-18-7-6-13(9-17(18)22)4-5-14-8-15(11-20)16(12-21)19(10-14)23-2/h4-10,20-22H,3,11-12H2,1-2H3/b5-4-. The molecule has 0 aliphatic heterocycles. The molecule has 0 heterocycles. The molecule has 0 spiro atoms. The first-order valence-electron chi connectivity index (χ1n) is 7.68. The molecular formula is C19H22O5. The van der Waals surface area contributed by atoms with Crippen LogP contribution in [0.2, 0.25) is 0 Å². The van der Waals surface area contributed by atoms with E-state index in [1.54, 1.807) is 24.3 Å². The molecule has 2 aromatic carbocycles. The van der Waals surface area contributed by atoms with Crippen molar-refractivity contribution < 1.29 is 24.8 Å². The van der Waals surface area contributed by atoms with Crippen LogP contribution in [-0.4, -0.2) is 29.0 Å². The molecule has 3 N–H and O–H groups in total. The zero-order valence-electron chi connectivity index (χ0n) is 13.8. The lowest BCUT2D eigenvalue weighted by Gasteiger charge is -2.12. The highest BCUT2D eigenvalue weighted by atomic mass is 16.5. The van der Waals surface area contributed by atoms with Crippen molar-refractivity contribution in [1.82, 2.24) is 0 Å². The molecule has 128 valence electrons. The molecule has 0 aromatic heterocycles. The van der Waals surface area contributed by atoms with Crippen molar-refractivity contribution in [3.8, 4) is 17.2 Å². The molecule has 0 bridgehead atoms. The molecule has 0 fully saturated rings. The van der Waals surface area contributed by atoms with Gasteiger partial charge in [0.25, 0.3) is 0 Å². The van der Waals surface area contributed by atoms with Gasteiger partial charge in [-0.3, -0.25) is 0 Å². The topological polar surface area (TPSA) is 79.2 Å². The van der Waals surface area contributed by atoms with Crippen LogP contribution in [0.4, 0.5) is 0 Å². The lowest BCUT2D eigenvalue weighted by molar-refractivity contribution is 0.254. The minimum atomic E-state index is -0.199. The van der Waals surface area contributed by atoms with E-state index in [9.17, 15) is 15.3 Å². The number of rotatable bonds is 7. The first-order chi connectivity index (χ1) is 11.6. The van der Waals surface area contributed by atoms with E-state index >= 15 is 0 Å². The summed E-state index contributed by atoms with van der Waals surface area (Å²) in [4.78, 5) is 0. The van der Waals surface area contributed by atoms with E-state index in [0.29, 0.717) is 29.2 Å². The average Bonchev–Trinajstić information content (AvgIpc) is 2.61. The van der Waals surface area contributed by atoms with Crippen molar-refractivity contribution in [2.45, 2.75) is 20.1 Å². The van der Waals surface area contributed by atoms with Crippen LogP contribution in [0.5, 0.6) is 17.2 Å². The summed E-state index contributed by atoms with van der Waals surface area (Å²) in [7, 11) is 1.52. The molecule has 0 aliphatic rings. The van der Waals surface area contributed by atoms with Gasteiger partial charge >= 0.3 is 0 Å². The summed E-state index contributed by atoms with van der Waals surface area (Å²) in [6.07, 6.45) is 3.68. The highest BCUT2D eigenvalue weighted by Gasteiger charge is 2.09. The first kappa shape index (κ1) is 17.8. The molecule has 0 aliphatic carbocycles. The largest absolute Gasteiger partial charge is 0.504 e. The maximum Gasteiger partial charge on any atom is 0.160 e. The summed E-state index contributed by atoms with van der Waals surface area (Å²) in [6, 6.07) is 8.75. The summed E-state index contributed by atoms with van der Waals surface area (Å²) in [5.74, 6) is 1.06. The summed E-state index contributed by atoms with van der Waals surface area (Å²) in [5.41, 5.74) is 2.83. The molecule has 0 saturated carbocycles. The van der Waals surface area contributed by atoms with Crippen molar-refractivity contribution >= 4 is 12.2 Å². The Kier molecular flexibility index (Phi) is 6.23. The summed E-state index contributed by atoms with van der Waals surface area (Å²) < 4.78 is 10.6. The fourth-order valence-electron chi connectivity index (χ4n) is 2.43. The van der Waals surface area contributed by atoms with Crippen molar-refractivity contribution in [3.63, 3.8) is 0 Å². The molecule has 5 nitrogen and oxygen atoms in total. The Morgan fingerprint density at radius 1 is 0.958 bits per heavy atom. The van der Waals surface area contributed by atoms with Crippen LogP contribution in [0.3, 0.4) is 0 Å². The van der Waals surface area contributed by atoms with Crippen molar-refractivity contribution in [2.24, 2.45) is 0 Å². The van der Waals surface area contributed by atoms with Gasteiger partial charge in [-0.2, -0.15) is 0 Å². The van der Waals surface area contributed by atoms with Crippen molar-refractivity contribution in [3.05, 3.63) is 52.6 Å². The number of ether oxygens (including phenoxy) is 2. The average molecular weight is 330 g/mol. The third-order valence-corrected chi connectivity index (χ3v) is 3.62. The number of phenolic OH excluding ortho intramolecular Hbond substituents is 1. The van der Waals surface area contributed by atoms with Crippen molar-refractivity contribution in [1.29, 1.82) is 0 Å². The van der Waals surface area contributed by atoms with Crippen molar-refractivity contribution in [2.75, 3.05) is 13.7 Å². The molecule has 0 radical (unpaired) electrons. The zero-order valence-corrected chi connectivity index (χ0v) is 13.8. The lowest BCUT2D eigenvalue weighted by atomic mass is 10.0. The number of methoxy groups -OCH3 is 1. The predicted molar refractivity (Wildman–Crippen MR) is 93.0 cm³/mol. The molecular weight excluding hydrogens is 308 g/mol. The van der Waals surface area contributed by atoms with E-state index < -0.39 is 0 Å². The van der Waals surface area contributed by atoms with E-state index in [1.807, 2.05) is 25.1 Å². The third kappa shape index (κ3) is 4.07. The Morgan fingerprint density at radius 3 is 2.29 bits per heavy atom. The Hall–Kier alpha value is -2.50. The van der Waals surface area contributed by atoms with Crippen LogP contribution in [-0.2, 0) is 13.2 Å². The second-order valence-corrected chi connectivity index (χ2v) is 5.17. The fourth-order valence-corrected chi connectivity index (χ4v) is 2.43. The van der Waals surface area contributed by atoms with E-state index in [1.165, 1.54) is 7.11 Å². The first-order valence-corrected chi connectivity index (χ1v) is 7.68. The Balaban J connectivity index is 2.30. The smallest absolute Gasteiger partial charge is 0.160 e. The summed E-state index contributed by atoms with van der Waals surface area (Å²) in [5, 5.41) is 28.8. The lowest BCUT2D eigenvalue weighted by Crippen LogP contribution is -1.99. The highest BCUT2D eigenvalue weighted by molar-refractivity contribution is 5.72. The monoisotopic (exact) mass is 330 g/mol. The number of phenols is 1. The Labute approximate surface area is 141 Å². The number of aliphatic hydroxyl groups is 2. The second-order valence-electron chi connectivity index (χ2n) is 5.17. The van der Waals surface area contributed by atoms with Gasteiger partial charge in [0.2, 0.25) is 0 Å². The van der Waals surface area contributed by atoms with Gasteiger partial charge in [-0.25, -0.2) is 0 Å². The normalized spacial score (nSPS) is 11.0. The minimum Gasteiger partial charge on any atom is -0.504 e. The molecule has 0 saturated heterocycles. The van der Waals surface area contributed by atoms with Gasteiger partial charge in [-0.05, 0) is 47.9 Å². The van der Waals surface area contributed by atoms with Crippen LogP contribution in [0, 0.1) is 0 Å². The second kappa shape index (κ2) is 8.38. The molecule has 0 atom stereocenters. The maximum absolute atomic E-state index is 9.91. The van der Waals surface area contributed by atoms with Crippen LogP contribution in [0.15, 0.2) is 30.3 Å². The van der Waals surface area contributed by atoms with Crippen LogP contribution in [0.25, 0.3) is 12.2 Å². The maximum atomic E-state index is 9.91. The van der Waals surface area contributed by atoms with E-state index in [4.69, 9.17) is 9.47 Å². The Morgan fingerprint density at radius 2 is 1.71 bits per heavy atom. The third-order valence-electron chi connectivity index (χ3n) is 3.62. The SMILES string of the molecule is CCOc1ccc(/C=C\c2cc(CO)c(CO)c(OC)c2)cc1O. The summed E-state index contributed by atoms with van der Waals surface area (Å²) >= 11 is 0. The molecule has 0 unspecified atom stereocenters. The molecule has 5 heteroatoms. The van der Waals surface area contributed by atoms with Gasteiger partial charge in [-0.1, -0.05) is 18.2 Å². The van der Waals surface area contributed by atoms with Gasteiger partial charge in [-0.15, -0.1) is 0 Å². The zero-order chi connectivity index (χ0) is 17.5. The van der Waals surface area contributed by atoms with Crippen LogP contribution in [0.1, 0.15) is 29.2 Å². The number of hydrogen-bond acceptors (Lipinski definition) is 5. The Bertz CT molecular complexity index is 697. The quantitative estimate of drug-likeness (QED) is 0.680. The molecule has 0 amide bonds. The highest BCUT2D eigenvalue weighted by Crippen LogP contribution is 2.29.